The van der Waals surface area contributed by atoms with Gasteiger partial charge >= 0.3 is 0 Å². The number of hydrogen-bond acceptors (Lipinski definition) is 5. The minimum Gasteiger partial charge on any atom is -0.497 e. The van der Waals surface area contributed by atoms with Gasteiger partial charge in [0.25, 0.3) is 0 Å². The highest BCUT2D eigenvalue weighted by Crippen LogP contribution is 2.23. The molecule has 0 aliphatic heterocycles. The van der Waals surface area contributed by atoms with Crippen LogP contribution in [0.1, 0.15) is 18.2 Å². The van der Waals surface area contributed by atoms with Crippen LogP contribution < -0.4 is 15.0 Å². The number of methoxy groups -OCH3 is 1. The largest absolute Gasteiger partial charge is 0.497 e. The Balaban J connectivity index is 1.78. The van der Waals surface area contributed by atoms with Crippen LogP contribution in [0.2, 0.25) is 0 Å². The van der Waals surface area contributed by atoms with E-state index < -0.39 is 0 Å². The monoisotopic (exact) mass is 348 g/mol. The van der Waals surface area contributed by atoms with Crippen molar-refractivity contribution in [3.63, 3.8) is 0 Å². The van der Waals surface area contributed by atoms with Crippen LogP contribution in [0.3, 0.4) is 0 Å². The average Bonchev–Trinajstić information content (AvgIpc) is 2.68. The van der Waals surface area contributed by atoms with Crippen LogP contribution in [0.4, 0.5) is 17.5 Å². The van der Waals surface area contributed by atoms with E-state index in [1.165, 1.54) is 5.56 Å². The number of rotatable bonds is 7. The topological polar surface area (TPSA) is 50.3 Å². The number of hydrogen-bond donors (Lipinski definition) is 1. The lowest BCUT2D eigenvalue weighted by molar-refractivity contribution is 0.414. The lowest BCUT2D eigenvalue weighted by Gasteiger charge is -2.22. The Labute approximate surface area is 154 Å². The van der Waals surface area contributed by atoms with Crippen molar-refractivity contribution in [2.24, 2.45) is 0 Å². The highest BCUT2D eigenvalue weighted by atomic mass is 16.5. The van der Waals surface area contributed by atoms with Gasteiger partial charge in [0.15, 0.2) is 0 Å². The highest BCUT2D eigenvalue weighted by molar-refractivity contribution is 5.58. The van der Waals surface area contributed by atoms with Gasteiger partial charge < -0.3 is 15.0 Å². The van der Waals surface area contributed by atoms with Crippen molar-refractivity contribution in [3.05, 3.63) is 71.9 Å². The molecule has 134 valence electrons. The normalized spacial score (nSPS) is 10.4. The second-order valence-corrected chi connectivity index (χ2v) is 5.98. The van der Waals surface area contributed by atoms with Crippen LogP contribution in [0.25, 0.3) is 0 Å². The van der Waals surface area contributed by atoms with Crippen molar-refractivity contribution in [2.45, 2.75) is 20.4 Å². The molecule has 0 atom stereocenters. The van der Waals surface area contributed by atoms with Crippen molar-refractivity contribution in [3.8, 4) is 5.75 Å². The molecule has 0 spiro atoms. The first kappa shape index (κ1) is 17.7. The van der Waals surface area contributed by atoms with Gasteiger partial charge in [-0.05, 0) is 43.7 Å². The van der Waals surface area contributed by atoms with Crippen LogP contribution in [0.15, 0.2) is 60.7 Å². The van der Waals surface area contributed by atoms with Crippen LogP contribution in [-0.2, 0) is 6.54 Å². The smallest absolute Gasteiger partial charge is 0.232 e. The predicted octanol–water partition coefficient (Wildman–Crippen LogP) is 4.56. The summed E-state index contributed by atoms with van der Waals surface area (Å²) in [5.74, 6) is 2.38. The maximum atomic E-state index is 5.20. The van der Waals surface area contributed by atoms with Crippen molar-refractivity contribution in [2.75, 3.05) is 23.9 Å². The molecule has 0 bridgehead atoms. The molecule has 1 heterocycles. The Hall–Kier alpha value is -3.08. The van der Waals surface area contributed by atoms with E-state index in [2.05, 4.69) is 34.3 Å². The fourth-order valence-electron chi connectivity index (χ4n) is 2.75. The molecule has 5 heteroatoms. The fourth-order valence-corrected chi connectivity index (χ4v) is 2.75. The molecular weight excluding hydrogens is 324 g/mol. The molecule has 26 heavy (non-hydrogen) atoms. The van der Waals surface area contributed by atoms with Gasteiger partial charge in [0.2, 0.25) is 5.95 Å². The molecule has 3 aromatic rings. The lowest BCUT2D eigenvalue weighted by Crippen LogP contribution is -2.19. The molecule has 0 aliphatic carbocycles. The molecule has 1 N–H and O–H groups in total. The fraction of sp³-hybridized carbons (Fsp3) is 0.238. The average molecular weight is 348 g/mol. The third kappa shape index (κ3) is 4.30. The van der Waals surface area contributed by atoms with Crippen molar-refractivity contribution >= 4 is 17.5 Å². The predicted molar refractivity (Wildman–Crippen MR) is 106 cm³/mol. The molecule has 5 nitrogen and oxygen atoms in total. The van der Waals surface area contributed by atoms with E-state index >= 15 is 0 Å². The second-order valence-electron chi connectivity index (χ2n) is 5.98. The van der Waals surface area contributed by atoms with Gasteiger partial charge in [-0.25, -0.2) is 4.98 Å². The van der Waals surface area contributed by atoms with Gasteiger partial charge in [0.05, 0.1) is 7.11 Å². The SMILES string of the molecule is CCN(c1ccccc1)c1nc(C)cc(NCc2ccc(OC)cc2)n1. The number of aryl methyl sites for hydroxylation is 1. The summed E-state index contributed by atoms with van der Waals surface area (Å²) in [4.78, 5) is 11.4. The maximum Gasteiger partial charge on any atom is 0.232 e. The summed E-state index contributed by atoms with van der Waals surface area (Å²) >= 11 is 0. The summed E-state index contributed by atoms with van der Waals surface area (Å²) in [6, 6.07) is 20.2. The lowest BCUT2D eigenvalue weighted by atomic mass is 10.2. The zero-order valence-corrected chi connectivity index (χ0v) is 15.4. The Kier molecular flexibility index (Phi) is 5.69. The number of aromatic nitrogens is 2. The molecule has 0 saturated carbocycles. The summed E-state index contributed by atoms with van der Waals surface area (Å²) in [6.45, 7) is 5.58. The summed E-state index contributed by atoms with van der Waals surface area (Å²) in [5, 5.41) is 3.39. The number of nitrogens with zero attached hydrogens (tertiary/aromatic N) is 3. The first-order valence-electron chi connectivity index (χ1n) is 8.74. The molecule has 3 rings (SSSR count). The minimum atomic E-state index is 0.692. The summed E-state index contributed by atoms with van der Waals surface area (Å²) in [6.07, 6.45) is 0. The Bertz CT molecular complexity index is 834. The van der Waals surface area contributed by atoms with Gasteiger partial charge in [-0.15, -0.1) is 0 Å². The number of anilines is 3. The molecule has 1 aromatic heterocycles. The van der Waals surface area contributed by atoms with Crippen molar-refractivity contribution < 1.29 is 4.74 Å². The zero-order chi connectivity index (χ0) is 18.4. The zero-order valence-electron chi connectivity index (χ0n) is 15.4. The Morgan fingerprint density at radius 2 is 1.73 bits per heavy atom. The standard InChI is InChI=1S/C21H24N4O/c1-4-25(18-8-6-5-7-9-18)21-23-16(2)14-20(24-21)22-15-17-10-12-19(26-3)13-11-17/h5-14H,4,15H2,1-3H3,(H,22,23,24). The van der Waals surface area contributed by atoms with Gasteiger partial charge in [0.1, 0.15) is 11.6 Å². The minimum absolute atomic E-state index is 0.692. The van der Waals surface area contributed by atoms with E-state index in [0.717, 1.165) is 29.5 Å². The molecule has 0 radical (unpaired) electrons. The van der Waals surface area contributed by atoms with Gasteiger partial charge in [-0.3, -0.25) is 0 Å². The quantitative estimate of drug-likeness (QED) is 0.678. The van der Waals surface area contributed by atoms with E-state index in [1.54, 1.807) is 7.11 Å². The van der Waals surface area contributed by atoms with E-state index in [9.17, 15) is 0 Å². The van der Waals surface area contributed by atoms with E-state index in [1.807, 2.05) is 55.5 Å². The van der Waals surface area contributed by atoms with E-state index in [0.29, 0.717) is 12.5 Å². The number of nitrogens with one attached hydrogen (secondary N) is 1. The first-order valence-corrected chi connectivity index (χ1v) is 8.74. The van der Waals surface area contributed by atoms with Crippen LogP contribution in [0.5, 0.6) is 5.75 Å². The number of ether oxygens (including phenoxy) is 1. The first-order chi connectivity index (χ1) is 12.7. The third-order valence-corrected chi connectivity index (χ3v) is 4.10. The Morgan fingerprint density at radius 3 is 2.38 bits per heavy atom. The van der Waals surface area contributed by atoms with Crippen LogP contribution in [-0.4, -0.2) is 23.6 Å². The highest BCUT2D eigenvalue weighted by Gasteiger charge is 2.12. The van der Waals surface area contributed by atoms with Crippen LogP contribution >= 0.6 is 0 Å². The molecule has 0 aliphatic rings. The third-order valence-electron chi connectivity index (χ3n) is 4.10. The molecule has 0 saturated heterocycles. The van der Waals surface area contributed by atoms with Crippen molar-refractivity contribution in [1.82, 2.24) is 9.97 Å². The molecular formula is C21H24N4O. The second kappa shape index (κ2) is 8.34. The van der Waals surface area contributed by atoms with Gasteiger partial charge in [0, 0.05) is 30.5 Å². The summed E-state index contributed by atoms with van der Waals surface area (Å²) in [5.41, 5.74) is 3.18. The summed E-state index contributed by atoms with van der Waals surface area (Å²) < 4.78 is 5.20. The van der Waals surface area contributed by atoms with Gasteiger partial charge in [-0.2, -0.15) is 4.98 Å². The van der Waals surface area contributed by atoms with Gasteiger partial charge in [-0.1, -0.05) is 30.3 Å². The van der Waals surface area contributed by atoms with E-state index in [4.69, 9.17) is 9.72 Å². The molecule has 0 fully saturated rings. The summed E-state index contributed by atoms with van der Waals surface area (Å²) in [7, 11) is 1.67. The van der Waals surface area contributed by atoms with Crippen molar-refractivity contribution in [1.29, 1.82) is 0 Å². The molecule has 0 unspecified atom stereocenters. The molecule has 0 amide bonds. The number of para-hydroxylation sites is 1. The number of benzene rings is 2. The Morgan fingerprint density at radius 1 is 1.00 bits per heavy atom. The molecule has 2 aromatic carbocycles. The van der Waals surface area contributed by atoms with Crippen LogP contribution in [0, 0.1) is 6.92 Å². The van der Waals surface area contributed by atoms with E-state index in [-0.39, 0.29) is 0 Å². The maximum absolute atomic E-state index is 5.20.